The lowest BCUT2D eigenvalue weighted by molar-refractivity contribution is 0.0600. The maximum atomic E-state index is 11.4. The summed E-state index contributed by atoms with van der Waals surface area (Å²) in [6.07, 6.45) is 2.46. The van der Waals surface area contributed by atoms with Gasteiger partial charge in [-0.25, -0.2) is 4.79 Å². The van der Waals surface area contributed by atoms with Gasteiger partial charge in [0.1, 0.15) is 0 Å². The van der Waals surface area contributed by atoms with Crippen LogP contribution in [0.5, 0.6) is 0 Å². The number of benzene rings is 1. The molecule has 1 aliphatic rings. The SMILES string of the molecule is CCC[C@H]1CN(Cc2ccc(C(=O)OC)cc2)CCN1. The smallest absolute Gasteiger partial charge is 0.337 e. The van der Waals surface area contributed by atoms with Crippen LogP contribution in [0, 0.1) is 0 Å². The van der Waals surface area contributed by atoms with E-state index >= 15 is 0 Å². The Labute approximate surface area is 121 Å². The largest absolute Gasteiger partial charge is 0.465 e. The number of hydrogen-bond donors (Lipinski definition) is 1. The Balaban J connectivity index is 1.91. The van der Waals surface area contributed by atoms with Crippen LogP contribution in [-0.2, 0) is 11.3 Å². The number of esters is 1. The Morgan fingerprint density at radius 1 is 1.40 bits per heavy atom. The fourth-order valence-corrected chi connectivity index (χ4v) is 2.70. The molecule has 0 aromatic heterocycles. The molecular formula is C16H24N2O2. The van der Waals surface area contributed by atoms with Gasteiger partial charge in [-0.3, -0.25) is 4.90 Å². The minimum atomic E-state index is -0.276. The molecule has 1 atom stereocenters. The molecule has 2 rings (SSSR count). The van der Waals surface area contributed by atoms with E-state index in [2.05, 4.69) is 17.1 Å². The summed E-state index contributed by atoms with van der Waals surface area (Å²) in [5, 5.41) is 3.56. The zero-order valence-electron chi connectivity index (χ0n) is 12.4. The average Bonchev–Trinajstić information content (AvgIpc) is 2.48. The first-order valence-corrected chi connectivity index (χ1v) is 7.36. The molecule has 0 aliphatic carbocycles. The molecule has 1 saturated heterocycles. The summed E-state index contributed by atoms with van der Waals surface area (Å²) >= 11 is 0. The molecule has 0 saturated carbocycles. The molecule has 4 nitrogen and oxygen atoms in total. The molecule has 0 radical (unpaired) electrons. The van der Waals surface area contributed by atoms with Crippen molar-refractivity contribution in [3.8, 4) is 0 Å². The Kier molecular flexibility index (Phi) is 5.56. The van der Waals surface area contributed by atoms with Crippen LogP contribution in [0.15, 0.2) is 24.3 Å². The van der Waals surface area contributed by atoms with Crippen molar-refractivity contribution in [1.82, 2.24) is 10.2 Å². The quantitative estimate of drug-likeness (QED) is 0.836. The van der Waals surface area contributed by atoms with Crippen LogP contribution in [0.4, 0.5) is 0 Å². The summed E-state index contributed by atoms with van der Waals surface area (Å²) in [6.45, 7) is 6.42. The molecule has 20 heavy (non-hydrogen) atoms. The normalized spacial score (nSPS) is 19.8. The van der Waals surface area contributed by atoms with Crippen LogP contribution in [0.3, 0.4) is 0 Å². The number of nitrogens with one attached hydrogen (secondary N) is 1. The molecule has 0 unspecified atom stereocenters. The molecule has 1 aromatic carbocycles. The van der Waals surface area contributed by atoms with E-state index in [9.17, 15) is 4.79 Å². The van der Waals surface area contributed by atoms with E-state index in [-0.39, 0.29) is 5.97 Å². The number of rotatable bonds is 5. The maximum Gasteiger partial charge on any atom is 0.337 e. The number of nitrogens with zero attached hydrogens (tertiary/aromatic N) is 1. The maximum absolute atomic E-state index is 11.4. The lowest BCUT2D eigenvalue weighted by Crippen LogP contribution is -2.50. The second kappa shape index (κ2) is 7.41. The van der Waals surface area contributed by atoms with Gasteiger partial charge in [-0.2, -0.15) is 0 Å². The Hall–Kier alpha value is -1.39. The third-order valence-electron chi connectivity index (χ3n) is 3.76. The molecule has 1 N–H and O–H groups in total. The van der Waals surface area contributed by atoms with Crippen molar-refractivity contribution in [2.45, 2.75) is 32.4 Å². The first kappa shape index (κ1) is 15.0. The van der Waals surface area contributed by atoms with Crippen LogP contribution in [0.25, 0.3) is 0 Å². The topological polar surface area (TPSA) is 41.6 Å². The highest BCUT2D eigenvalue weighted by Crippen LogP contribution is 2.12. The van der Waals surface area contributed by atoms with E-state index in [1.54, 1.807) is 0 Å². The molecule has 0 amide bonds. The van der Waals surface area contributed by atoms with Crippen molar-refractivity contribution in [3.05, 3.63) is 35.4 Å². The third kappa shape index (κ3) is 4.05. The lowest BCUT2D eigenvalue weighted by Gasteiger charge is -2.33. The van der Waals surface area contributed by atoms with E-state index in [1.807, 2.05) is 24.3 Å². The standard InChI is InChI=1S/C16H24N2O2/c1-3-4-15-12-18(10-9-17-15)11-13-5-7-14(8-6-13)16(19)20-2/h5-8,15,17H,3-4,9-12H2,1-2H3/t15-/m0/s1. The number of hydrogen-bond acceptors (Lipinski definition) is 4. The van der Waals surface area contributed by atoms with Gasteiger partial charge in [-0.05, 0) is 24.1 Å². The fourth-order valence-electron chi connectivity index (χ4n) is 2.70. The van der Waals surface area contributed by atoms with Gasteiger partial charge in [0.25, 0.3) is 0 Å². The van der Waals surface area contributed by atoms with Gasteiger partial charge in [0.15, 0.2) is 0 Å². The highest BCUT2D eigenvalue weighted by Gasteiger charge is 2.18. The van der Waals surface area contributed by atoms with Crippen LogP contribution in [0.2, 0.25) is 0 Å². The van der Waals surface area contributed by atoms with Crippen LogP contribution >= 0.6 is 0 Å². The molecular weight excluding hydrogens is 252 g/mol. The average molecular weight is 276 g/mol. The van der Waals surface area contributed by atoms with Crippen molar-refractivity contribution in [2.75, 3.05) is 26.7 Å². The van der Waals surface area contributed by atoms with Gasteiger partial charge in [0.05, 0.1) is 12.7 Å². The summed E-state index contributed by atoms with van der Waals surface area (Å²) in [7, 11) is 1.41. The predicted octanol–water partition coefficient (Wildman–Crippen LogP) is 2.05. The summed E-state index contributed by atoms with van der Waals surface area (Å²) in [5.41, 5.74) is 1.86. The molecule has 0 bridgehead atoms. The van der Waals surface area contributed by atoms with E-state index in [0.29, 0.717) is 11.6 Å². The van der Waals surface area contributed by atoms with Gasteiger partial charge in [-0.15, -0.1) is 0 Å². The summed E-state index contributed by atoms with van der Waals surface area (Å²) in [6, 6.07) is 8.33. The van der Waals surface area contributed by atoms with Gasteiger partial charge in [0, 0.05) is 32.2 Å². The van der Waals surface area contributed by atoms with Crippen molar-refractivity contribution < 1.29 is 9.53 Å². The number of piperazine rings is 1. The molecule has 1 heterocycles. The van der Waals surface area contributed by atoms with E-state index in [4.69, 9.17) is 4.74 Å². The molecule has 1 fully saturated rings. The molecule has 0 spiro atoms. The minimum absolute atomic E-state index is 0.276. The number of carbonyl (C=O) groups excluding carboxylic acids is 1. The van der Waals surface area contributed by atoms with Crippen molar-refractivity contribution in [3.63, 3.8) is 0 Å². The van der Waals surface area contributed by atoms with Gasteiger partial charge < -0.3 is 10.1 Å². The van der Waals surface area contributed by atoms with Gasteiger partial charge in [-0.1, -0.05) is 25.5 Å². The Morgan fingerprint density at radius 3 is 2.80 bits per heavy atom. The van der Waals surface area contributed by atoms with Crippen LogP contribution in [-0.4, -0.2) is 43.7 Å². The van der Waals surface area contributed by atoms with Crippen LogP contribution in [0.1, 0.15) is 35.7 Å². The number of methoxy groups -OCH3 is 1. The second-order valence-electron chi connectivity index (χ2n) is 5.36. The summed E-state index contributed by atoms with van der Waals surface area (Å²) in [5.74, 6) is -0.276. The fraction of sp³-hybridized carbons (Fsp3) is 0.562. The number of ether oxygens (including phenoxy) is 1. The monoisotopic (exact) mass is 276 g/mol. The third-order valence-corrected chi connectivity index (χ3v) is 3.76. The van der Waals surface area contributed by atoms with Crippen LogP contribution < -0.4 is 5.32 Å². The first-order chi connectivity index (χ1) is 9.72. The highest BCUT2D eigenvalue weighted by molar-refractivity contribution is 5.89. The molecule has 1 aromatic rings. The Morgan fingerprint density at radius 2 is 2.15 bits per heavy atom. The minimum Gasteiger partial charge on any atom is -0.465 e. The zero-order chi connectivity index (χ0) is 14.4. The molecule has 4 heteroatoms. The van der Waals surface area contributed by atoms with E-state index in [1.165, 1.54) is 25.5 Å². The van der Waals surface area contributed by atoms with Gasteiger partial charge >= 0.3 is 5.97 Å². The van der Waals surface area contributed by atoms with Crippen molar-refractivity contribution >= 4 is 5.97 Å². The van der Waals surface area contributed by atoms with Crippen molar-refractivity contribution in [1.29, 1.82) is 0 Å². The predicted molar refractivity (Wildman–Crippen MR) is 79.8 cm³/mol. The molecule has 110 valence electrons. The zero-order valence-corrected chi connectivity index (χ0v) is 12.4. The number of carbonyl (C=O) groups is 1. The van der Waals surface area contributed by atoms with Crippen molar-refractivity contribution in [2.24, 2.45) is 0 Å². The van der Waals surface area contributed by atoms with E-state index in [0.717, 1.165) is 26.2 Å². The highest BCUT2D eigenvalue weighted by atomic mass is 16.5. The van der Waals surface area contributed by atoms with E-state index < -0.39 is 0 Å². The first-order valence-electron chi connectivity index (χ1n) is 7.36. The van der Waals surface area contributed by atoms with Gasteiger partial charge in [0.2, 0.25) is 0 Å². The summed E-state index contributed by atoms with van der Waals surface area (Å²) in [4.78, 5) is 13.9. The molecule has 1 aliphatic heterocycles. The lowest BCUT2D eigenvalue weighted by atomic mass is 10.1. The Bertz CT molecular complexity index is 429. The second-order valence-corrected chi connectivity index (χ2v) is 5.36. The summed E-state index contributed by atoms with van der Waals surface area (Å²) < 4.78 is 4.71.